The van der Waals surface area contributed by atoms with Crippen molar-refractivity contribution in [3.05, 3.63) is 0 Å². The maximum absolute atomic E-state index is 11.6. The van der Waals surface area contributed by atoms with Gasteiger partial charge in [0, 0.05) is 12.3 Å². The van der Waals surface area contributed by atoms with E-state index in [2.05, 4.69) is 0 Å². The minimum atomic E-state index is -0.471. The van der Waals surface area contributed by atoms with E-state index in [1.165, 1.54) is 32.6 Å². The van der Waals surface area contributed by atoms with Gasteiger partial charge in [0.2, 0.25) is 0 Å². The van der Waals surface area contributed by atoms with Crippen LogP contribution in [-0.2, 0) is 9.53 Å². The molecule has 0 aromatic heterocycles. The van der Waals surface area contributed by atoms with Crippen LogP contribution in [0.25, 0.3) is 0 Å². The van der Waals surface area contributed by atoms with E-state index in [4.69, 9.17) is 16.2 Å². The van der Waals surface area contributed by atoms with E-state index in [0.29, 0.717) is 6.54 Å². The third-order valence-electron chi connectivity index (χ3n) is 5.53. The normalized spacial score (nSPS) is 26.8. The fourth-order valence-electron chi connectivity index (χ4n) is 4.37. The fourth-order valence-corrected chi connectivity index (χ4v) is 4.37. The molecule has 0 spiro atoms. The Morgan fingerprint density at radius 1 is 1.05 bits per heavy atom. The lowest BCUT2D eigenvalue weighted by Gasteiger charge is -2.51. The van der Waals surface area contributed by atoms with E-state index in [1.54, 1.807) is 0 Å². The molecule has 4 nitrogen and oxygen atoms in total. The number of nitrogens with two attached hydrogens (primary N) is 2. The molecule has 1 atom stereocenters. The van der Waals surface area contributed by atoms with E-state index in [0.717, 1.165) is 38.5 Å². The quantitative estimate of drug-likeness (QED) is 0.776. The topological polar surface area (TPSA) is 78.3 Å². The molecule has 4 heteroatoms. The molecular weight excluding hydrogens is 252 g/mol. The van der Waals surface area contributed by atoms with Crippen LogP contribution in [0.15, 0.2) is 0 Å². The SMILES string of the molecule is CC(=O)OC1(C(N)C2(CN)CCCCC2)CCCCC1. The van der Waals surface area contributed by atoms with Crippen molar-refractivity contribution in [3.63, 3.8) is 0 Å². The molecule has 0 aromatic carbocycles. The Labute approximate surface area is 122 Å². The average Bonchev–Trinajstić information content (AvgIpc) is 2.47. The molecule has 20 heavy (non-hydrogen) atoms. The lowest BCUT2D eigenvalue weighted by atomic mass is 9.62. The third-order valence-corrected chi connectivity index (χ3v) is 5.53. The third kappa shape index (κ3) is 3.01. The number of hydrogen-bond donors (Lipinski definition) is 2. The molecule has 0 amide bonds. The molecule has 1 unspecified atom stereocenters. The van der Waals surface area contributed by atoms with Crippen LogP contribution in [0.1, 0.15) is 71.1 Å². The highest BCUT2D eigenvalue weighted by Crippen LogP contribution is 2.46. The van der Waals surface area contributed by atoms with Crippen LogP contribution in [0.2, 0.25) is 0 Å². The average molecular weight is 282 g/mol. The monoisotopic (exact) mass is 282 g/mol. The number of esters is 1. The standard InChI is InChI=1S/C16H30N2O2/c1-13(19)20-16(10-6-3-7-11-16)14(18)15(12-17)8-4-2-5-9-15/h14H,2-12,17-18H2,1H3. The van der Waals surface area contributed by atoms with E-state index in [-0.39, 0.29) is 17.4 Å². The predicted octanol–water partition coefficient (Wildman–Crippen LogP) is 2.49. The van der Waals surface area contributed by atoms with Gasteiger partial charge in [-0.2, -0.15) is 0 Å². The van der Waals surface area contributed by atoms with Crippen molar-refractivity contribution in [3.8, 4) is 0 Å². The second kappa shape index (κ2) is 6.44. The second-order valence-corrected chi connectivity index (χ2v) is 6.82. The number of carbonyl (C=O) groups excluding carboxylic acids is 1. The van der Waals surface area contributed by atoms with Crippen LogP contribution in [0.3, 0.4) is 0 Å². The summed E-state index contributed by atoms with van der Waals surface area (Å²) in [7, 11) is 0. The van der Waals surface area contributed by atoms with E-state index < -0.39 is 5.60 Å². The smallest absolute Gasteiger partial charge is 0.303 e. The summed E-state index contributed by atoms with van der Waals surface area (Å²) < 4.78 is 5.80. The van der Waals surface area contributed by atoms with Crippen molar-refractivity contribution in [1.29, 1.82) is 0 Å². The van der Waals surface area contributed by atoms with Gasteiger partial charge in [0.05, 0.1) is 6.04 Å². The van der Waals surface area contributed by atoms with Gasteiger partial charge in [-0.15, -0.1) is 0 Å². The Balaban J connectivity index is 2.23. The first-order valence-corrected chi connectivity index (χ1v) is 8.20. The molecule has 4 N–H and O–H groups in total. The molecule has 116 valence electrons. The van der Waals surface area contributed by atoms with Crippen LogP contribution < -0.4 is 11.5 Å². The van der Waals surface area contributed by atoms with Crippen molar-refractivity contribution < 1.29 is 9.53 Å². The summed E-state index contributed by atoms with van der Waals surface area (Å²) in [5.74, 6) is -0.203. The molecule has 2 saturated carbocycles. The van der Waals surface area contributed by atoms with Gasteiger partial charge < -0.3 is 16.2 Å². The largest absolute Gasteiger partial charge is 0.458 e. The molecule has 2 aliphatic carbocycles. The van der Waals surface area contributed by atoms with Crippen molar-refractivity contribution >= 4 is 5.97 Å². The van der Waals surface area contributed by atoms with Crippen LogP contribution in [0.5, 0.6) is 0 Å². The summed E-state index contributed by atoms with van der Waals surface area (Å²) in [6, 6.07) is -0.121. The number of carbonyl (C=O) groups is 1. The van der Waals surface area contributed by atoms with Gasteiger partial charge in [-0.3, -0.25) is 4.79 Å². The number of ether oxygens (including phenoxy) is 1. The Bertz CT molecular complexity index is 331. The van der Waals surface area contributed by atoms with Gasteiger partial charge in [0.25, 0.3) is 0 Å². The van der Waals surface area contributed by atoms with E-state index in [1.807, 2.05) is 0 Å². The summed E-state index contributed by atoms with van der Waals surface area (Å²) >= 11 is 0. The van der Waals surface area contributed by atoms with Crippen LogP contribution >= 0.6 is 0 Å². The summed E-state index contributed by atoms with van der Waals surface area (Å²) in [6.07, 6.45) is 11.0. The van der Waals surface area contributed by atoms with E-state index in [9.17, 15) is 4.79 Å². The number of rotatable bonds is 4. The molecule has 0 saturated heterocycles. The molecule has 0 aromatic rings. The van der Waals surface area contributed by atoms with Gasteiger partial charge in [-0.25, -0.2) is 0 Å². The van der Waals surface area contributed by atoms with Crippen LogP contribution in [0.4, 0.5) is 0 Å². The molecule has 2 fully saturated rings. The minimum Gasteiger partial charge on any atom is -0.458 e. The van der Waals surface area contributed by atoms with Gasteiger partial charge in [-0.05, 0) is 45.1 Å². The maximum atomic E-state index is 11.6. The Hall–Kier alpha value is -0.610. The van der Waals surface area contributed by atoms with Gasteiger partial charge >= 0.3 is 5.97 Å². The van der Waals surface area contributed by atoms with E-state index >= 15 is 0 Å². The lowest BCUT2D eigenvalue weighted by molar-refractivity contribution is -0.169. The highest BCUT2D eigenvalue weighted by Gasteiger charge is 2.51. The fraction of sp³-hybridized carbons (Fsp3) is 0.938. The van der Waals surface area contributed by atoms with Gasteiger partial charge in [-0.1, -0.05) is 25.7 Å². The molecule has 0 heterocycles. The highest BCUT2D eigenvalue weighted by atomic mass is 16.6. The molecular formula is C16H30N2O2. The van der Waals surface area contributed by atoms with Crippen LogP contribution in [0, 0.1) is 5.41 Å². The number of hydrogen-bond acceptors (Lipinski definition) is 4. The molecule has 0 bridgehead atoms. The first-order chi connectivity index (χ1) is 9.55. The zero-order valence-electron chi connectivity index (χ0n) is 12.8. The summed E-state index contributed by atoms with van der Waals surface area (Å²) in [5.41, 5.74) is 12.3. The predicted molar refractivity (Wildman–Crippen MR) is 80.1 cm³/mol. The zero-order valence-corrected chi connectivity index (χ0v) is 12.8. The Morgan fingerprint density at radius 2 is 1.55 bits per heavy atom. The summed E-state index contributed by atoms with van der Waals surface area (Å²) in [4.78, 5) is 11.6. The van der Waals surface area contributed by atoms with Crippen molar-refractivity contribution in [2.24, 2.45) is 16.9 Å². The molecule has 2 aliphatic rings. The molecule has 2 rings (SSSR count). The van der Waals surface area contributed by atoms with Crippen molar-refractivity contribution in [1.82, 2.24) is 0 Å². The van der Waals surface area contributed by atoms with Crippen LogP contribution in [-0.4, -0.2) is 24.2 Å². The van der Waals surface area contributed by atoms with Gasteiger partial charge in [0.15, 0.2) is 0 Å². The Kier molecular flexibility index (Phi) is 5.08. The highest BCUT2D eigenvalue weighted by molar-refractivity contribution is 5.66. The first-order valence-electron chi connectivity index (χ1n) is 8.20. The second-order valence-electron chi connectivity index (χ2n) is 6.82. The lowest BCUT2D eigenvalue weighted by Crippen LogP contribution is -2.62. The van der Waals surface area contributed by atoms with Gasteiger partial charge in [0.1, 0.15) is 5.60 Å². The zero-order chi connectivity index (χ0) is 14.6. The maximum Gasteiger partial charge on any atom is 0.303 e. The van der Waals surface area contributed by atoms with Crippen molar-refractivity contribution in [2.45, 2.75) is 82.8 Å². The minimum absolute atomic E-state index is 0.0367. The Morgan fingerprint density at radius 3 is 2.00 bits per heavy atom. The molecule has 0 aliphatic heterocycles. The first kappa shape index (κ1) is 15.8. The molecule has 0 radical (unpaired) electrons. The van der Waals surface area contributed by atoms with Crippen molar-refractivity contribution in [2.75, 3.05) is 6.54 Å². The summed E-state index contributed by atoms with van der Waals surface area (Å²) in [6.45, 7) is 2.11. The summed E-state index contributed by atoms with van der Waals surface area (Å²) in [5, 5.41) is 0.